The number of hydrogen-bond donors (Lipinski definition) is 1. The number of carbonyl (C=O) groups excluding carboxylic acids is 1. The van der Waals surface area contributed by atoms with Crippen LogP contribution in [-0.2, 0) is 0 Å². The van der Waals surface area contributed by atoms with E-state index in [9.17, 15) is 9.18 Å². The predicted octanol–water partition coefficient (Wildman–Crippen LogP) is 4.01. The van der Waals surface area contributed by atoms with Crippen molar-refractivity contribution in [2.75, 3.05) is 6.54 Å². The SMILES string of the molecule is CC(CNC(=O)c1ccc(F)cc1Cl)c1ccccc1. The van der Waals surface area contributed by atoms with E-state index < -0.39 is 5.82 Å². The lowest BCUT2D eigenvalue weighted by Crippen LogP contribution is -2.27. The lowest BCUT2D eigenvalue weighted by atomic mass is 10.0. The zero-order valence-electron chi connectivity index (χ0n) is 11.1. The van der Waals surface area contributed by atoms with Gasteiger partial charge in [-0.1, -0.05) is 48.9 Å². The summed E-state index contributed by atoms with van der Waals surface area (Å²) in [4.78, 5) is 12.0. The highest BCUT2D eigenvalue weighted by molar-refractivity contribution is 6.33. The van der Waals surface area contributed by atoms with Crippen molar-refractivity contribution in [3.05, 3.63) is 70.5 Å². The summed E-state index contributed by atoms with van der Waals surface area (Å²) in [7, 11) is 0. The highest BCUT2D eigenvalue weighted by atomic mass is 35.5. The van der Waals surface area contributed by atoms with Crippen molar-refractivity contribution in [3.63, 3.8) is 0 Å². The molecule has 0 bridgehead atoms. The molecule has 0 aliphatic heterocycles. The minimum atomic E-state index is -0.454. The zero-order chi connectivity index (χ0) is 14.5. The molecule has 104 valence electrons. The normalized spacial score (nSPS) is 11.9. The van der Waals surface area contributed by atoms with Gasteiger partial charge in [-0.25, -0.2) is 4.39 Å². The highest BCUT2D eigenvalue weighted by Crippen LogP contribution is 2.18. The minimum absolute atomic E-state index is 0.120. The summed E-state index contributed by atoms with van der Waals surface area (Å²) in [5, 5.41) is 2.93. The van der Waals surface area contributed by atoms with Gasteiger partial charge in [-0.2, -0.15) is 0 Å². The van der Waals surface area contributed by atoms with Gasteiger partial charge in [0.1, 0.15) is 5.82 Å². The van der Waals surface area contributed by atoms with E-state index in [2.05, 4.69) is 5.32 Å². The molecule has 1 N–H and O–H groups in total. The summed E-state index contributed by atoms with van der Waals surface area (Å²) in [6.07, 6.45) is 0. The van der Waals surface area contributed by atoms with E-state index in [-0.39, 0.29) is 22.4 Å². The van der Waals surface area contributed by atoms with Crippen LogP contribution in [0.15, 0.2) is 48.5 Å². The largest absolute Gasteiger partial charge is 0.351 e. The van der Waals surface area contributed by atoms with Gasteiger partial charge in [0.15, 0.2) is 0 Å². The van der Waals surface area contributed by atoms with Crippen LogP contribution in [0.2, 0.25) is 5.02 Å². The van der Waals surface area contributed by atoms with Crippen LogP contribution in [0.1, 0.15) is 28.8 Å². The fraction of sp³-hybridized carbons (Fsp3) is 0.188. The molecule has 1 amide bonds. The molecule has 20 heavy (non-hydrogen) atoms. The van der Waals surface area contributed by atoms with Crippen molar-refractivity contribution >= 4 is 17.5 Å². The molecule has 0 aliphatic carbocycles. The average Bonchev–Trinajstić information content (AvgIpc) is 2.45. The maximum Gasteiger partial charge on any atom is 0.252 e. The van der Waals surface area contributed by atoms with E-state index in [1.54, 1.807) is 0 Å². The number of amides is 1. The van der Waals surface area contributed by atoms with Crippen molar-refractivity contribution in [3.8, 4) is 0 Å². The van der Waals surface area contributed by atoms with Gasteiger partial charge in [-0.3, -0.25) is 4.79 Å². The van der Waals surface area contributed by atoms with Gasteiger partial charge >= 0.3 is 0 Å². The first-order valence-corrected chi connectivity index (χ1v) is 6.74. The van der Waals surface area contributed by atoms with Crippen molar-refractivity contribution in [2.45, 2.75) is 12.8 Å². The Morgan fingerprint density at radius 2 is 1.95 bits per heavy atom. The third-order valence-corrected chi connectivity index (χ3v) is 3.43. The molecule has 2 aromatic rings. The van der Waals surface area contributed by atoms with Crippen LogP contribution >= 0.6 is 11.6 Å². The number of halogens is 2. The minimum Gasteiger partial charge on any atom is -0.351 e. The molecule has 0 fully saturated rings. The summed E-state index contributed by atoms with van der Waals surface area (Å²) in [5.74, 6) is -0.554. The highest BCUT2D eigenvalue weighted by Gasteiger charge is 2.12. The molecule has 0 spiro atoms. The predicted molar refractivity (Wildman–Crippen MR) is 78.6 cm³/mol. The van der Waals surface area contributed by atoms with Crippen LogP contribution in [-0.4, -0.2) is 12.5 Å². The van der Waals surface area contributed by atoms with Gasteiger partial charge in [0.25, 0.3) is 5.91 Å². The molecule has 0 aromatic heterocycles. The maximum absolute atomic E-state index is 12.9. The molecule has 2 nitrogen and oxygen atoms in total. The molecular weight excluding hydrogens is 277 g/mol. The van der Waals surface area contributed by atoms with Crippen LogP contribution in [0.5, 0.6) is 0 Å². The summed E-state index contributed by atoms with van der Waals surface area (Å²) >= 11 is 5.86. The maximum atomic E-state index is 12.9. The molecule has 0 saturated carbocycles. The van der Waals surface area contributed by atoms with E-state index in [1.165, 1.54) is 12.1 Å². The average molecular weight is 292 g/mol. The Bertz CT molecular complexity index is 601. The molecule has 2 aromatic carbocycles. The lowest BCUT2D eigenvalue weighted by molar-refractivity contribution is 0.0952. The Morgan fingerprint density at radius 1 is 1.25 bits per heavy atom. The number of benzene rings is 2. The Hall–Kier alpha value is -1.87. The Labute approximate surface area is 122 Å². The van der Waals surface area contributed by atoms with E-state index in [4.69, 9.17) is 11.6 Å². The molecule has 1 atom stereocenters. The van der Waals surface area contributed by atoms with Gasteiger partial charge in [0, 0.05) is 6.54 Å². The fourth-order valence-corrected chi connectivity index (χ4v) is 2.17. The van der Waals surface area contributed by atoms with Crippen LogP contribution in [0.25, 0.3) is 0 Å². The molecule has 2 rings (SSSR count). The number of hydrogen-bond acceptors (Lipinski definition) is 1. The molecule has 4 heteroatoms. The van der Waals surface area contributed by atoms with Crippen LogP contribution < -0.4 is 5.32 Å². The van der Waals surface area contributed by atoms with E-state index in [0.29, 0.717) is 6.54 Å². The number of rotatable bonds is 4. The molecule has 0 radical (unpaired) electrons. The van der Waals surface area contributed by atoms with Gasteiger partial charge < -0.3 is 5.32 Å². The molecule has 0 saturated heterocycles. The second-order valence-corrected chi connectivity index (χ2v) is 5.05. The molecule has 0 heterocycles. The van der Waals surface area contributed by atoms with Crippen molar-refractivity contribution in [1.29, 1.82) is 0 Å². The molecule has 1 unspecified atom stereocenters. The summed E-state index contributed by atoms with van der Waals surface area (Å²) in [5.41, 5.74) is 1.44. The first-order chi connectivity index (χ1) is 9.58. The zero-order valence-corrected chi connectivity index (χ0v) is 11.8. The van der Waals surface area contributed by atoms with Gasteiger partial charge in [-0.05, 0) is 29.7 Å². The van der Waals surface area contributed by atoms with Gasteiger partial charge in [0.2, 0.25) is 0 Å². The third kappa shape index (κ3) is 3.58. The standard InChI is InChI=1S/C16H15ClFNO/c1-11(12-5-3-2-4-6-12)10-19-16(20)14-8-7-13(18)9-15(14)17/h2-9,11H,10H2,1H3,(H,19,20). The Morgan fingerprint density at radius 3 is 2.60 bits per heavy atom. The summed E-state index contributed by atoms with van der Waals surface area (Å²) < 4.78 is 12.9. The van der Waals surface area contributed by atoms with Crippen molar-refractivity contribution in [2.24, 2.45) is 0 Å². The van der Waals surface area contributed by atoms with Crippen LogP contribution in [0.3, 0.4) is 0 Å². The summed E-state index contributed by atoms with van der Waals surface area (Å²) in [6, 6.07) is 13.7. The first-order valence-electron chi connectivity index (χ1n) is 6.36. The van der Waals surface area contributed by atoms with E-state index in [1.807, 2.05) is 37.3 Å². The first kappa shape index (κ1) is 14.5. The Balaban J connectivity index is 1.99. The molecule has 0 aliphatic rings. The topological polar surface area (TPSA) is 29.1 Å². The quantitative estimate of drug-likeness (QED) is 0.906. The second kappa shape index (κ2) is 6.53. The third-order valence-electron chi connectivity index (χ3n) is 3.11. The fourth-order valence-electron chi connectivity index (χ4n) is 1.91. The van der Waals surface area contributed by atoms with Gasteiger partial charge in [-0.15, -0.1) is 0 Å². The van der Waals surface area contributed by atoms with Crippen molar-refractivity contribution in [1.82, 2.24) is 5.32 Å². The van der Waals surface area contributed by atoms with Crippen LogP contribution in [0.4, 0.5) is 4.39 Å². The van der Waals surface area contributed by atoms with E-state index >= 15 is 0 Å². The number of nitrogens with one attached hydrogen (secondary N) is 1. The van der Waals surface area contributed by atoms with Crippen molar-refractivity contribution < 1.29 is 9.18 Å². The Kier molecular flexibility index (Phi) is 4.74. The summed E-state index contributed by atoms with van der Waals surface area (Å²) in [6.45, 7) is 2.53. The lowest BCUT2D eigenvalue weighted by Gasteiger charge is -2.13. The monoisotopic (exact) mass is 291 g/mol. The second-order valence-electron chi connectivity index (χ2n) is 4.65. The van der Waals surface area contributed by atoms with E-state index in [0.717, 1.165) is 11.6 Å². The number of carbonyl (C=O) groups is 1. The van der Waals surface area contributed by atoms with Gasteiger partial charge in [0.05, 0.1) is 10.6 Å². The smallest absolute Gasteiger partial charge is 0.252 e. The van der Waals surface area contributed by atoms with Crippen LogP contribution in [0, 0.1) is 5.82 Å². The molecular formula is C16H15ClFNO.